The number of hydrogen-bond acceptors (Lipinski definition) is 5. The molecule has 1 amide bonds. The number of carbonyl (C=O) groups excluding carboxylic acids is 3. The van der Waals surface area contributed by atoms with Gasteiger partial charge in [-0.2, -0.15) is 0 Å². The maximum absolute atomic E-state index is 12.8. The van der Waals surface area contributed by atoms with Crippen LogP contribution in [0.4, 0.5) is 0 Å². The van der Waals surface area contributed by atoms with Gasteiger partial charge in [-0.3, -0.25) is 19.2 Å². The predicted octanol–water partition coefficient (Wildman–Crippen LogP) is 2.65. The van der Waals surface area contributed by atoms with Crippen LogP contribution in [-0.4, -0.2) is 39.2 Å². The molecule has 0 saturated carbocycles. The lowest BCUT2D eigenvalue weighted by Gasteiger charge is -2.15. The van der Waals surface area contributed by atoms with Crippen LogP contribution >= 0.6 is 11.8 Å². The van der Waals surface area contributed by atoms with E-state index in [-0.39, 0.29) is 17.3 Å². The fraction of sp³-hybridized carbons (Fsp3) is 0.263. The van der Waals surface area contributed by atoms with Gasteiger partial charge in [0.05, 0.1) is 5.25 Å². The van der Waals surface area contributed by atoms with E-state index in [0.29, 0.717) is 5.56 Å². The standard InChI is InChI=1S/C19H19NO5S/c1-11(19(24)25)20-17(22)10-16(26-12(2)21)18(23)15-8-7-13-5-3-4-6-14(13)9-15/h3-9,11,16H,10H2,1-2H3,(H,20,22)(H,24,25)/t11-,16?/m0/s1. The Labute approximate surface area is 155 Å². The van der Waals surface area contributed by atoms with E-state index in [4.69, 9.17) is 5.11 Å². The van der Waals surface area contributed by atoms with Gasteiger partial charge in [0.15, 0.2) is 10.9 Å². The molecule has 26 heavy (non-hydrogen) atoms. The second-order valence-electron chi connectivity index (χ2n) is 5.86. The summed E-state index contributed by atoms with van der Waals surface area (Å²) in [7, 11) is 0. The highest BCUT2D eigenvalue weighted by Gasteiger charge is 2.27. The molecule has 0 radical (unpaired) electrons. The first-order valence-electron chi connectivity index (χ1n) is 8.00. The fourth-order valence-electron chi connectivity index (χ4n) is 2.45. The number of carbonyl (C=O) groups is 4. The molecule has 0 spiro atoms. The summed E-state index contributed by atoms with van der Waals surface area (Å²) in [6.45, 7) is 2.65. The molecule has 0 aliphatic carbocycles. The van der Waals surface area contributed by atoms with Crippen LogP contribution in [0.2, 0.25) is 0 Å². The average Bonchev–Trinajstić information content (AvgIpc) is 2.59. The summed E-state index contributed by atoms with van der Waals surface area (Å²) in [6, 6.07) is 11.7. The number of Topliss-reactive ketones (excluding diaryl/α,β-unsaturated/α-hetero) is 1. The number of benzene rings is 2. The van der Waals surface area contributed by atoms with Crippen molar-refractivity contribution in [3.8, 4) is 0 Å². The van der Waals surface area contributed by atoms with Gasteiger partial charge in [-0.1, -0.05) is 48.2 Å². The maximum atomic E-state index is 12.8. The molecular formula is C19H19NO5S. The van der Waals surface area contributed by atoms with E-state index in [0.717, 1.165) is 22.5 Å². The minimum atomic E-state index is -1.17. The normalized spacial score (nSPS) is 13.0. The number of fused-ring (bicyclic) bond motifs is 1. The summed E-state index contributed by atoms with van der Waals surface area (Å²) in [5.74, 6) is -2.10. The Morgan fingerprint density at radius 2 is 1.73 bits per heavy atom. The summed E-state index contributed by atoms with van der Waals surface area (Å²) >= 11 is 0.775. The predicted molar refractivity (Wildman–Crippen MR) is 100 cm³/mol. The number of thioether (sulfide) groups is 1. The maximum Gasteiger partial charge on any atom is 0.325 e. The molecule has 0 aliphatic rings. The van der Waals surface area contributed by atoms with Crippen LogP contribution < -0.4 is 5.32 Å². The third kappa shape index (κ3) is 5.16. The largest absolute Gasteiger partial charge is 0.480 e. The molecule has 0 heterocycles. The number of carboxylic acid groups (broad SMARTS) is 1. The first kappa shape index (κ1) is 19.7. The molecule has 2 aromatic carbocycles. The van der Waals surface area contributed by atoms with E-state index in [1.54, 1.807) is 12.1 Å². The summed E-state index contributed by atoms with van der Waals surface area (Å²) in [4.78, 5) is 47.2. The smallest absolute Gasteiger partial charge is 0.325 e. The summed E-state index contributed by atoms with van der Waals surface area (Å²) in [6.07, 6.45) is -0.270. The molecule has 2 N–H and O–H groups in total. The molecule has 1 unspecified atom stereocenters. The van der Waals surface area contributed by atoms with Crippen molar-refractivity contribution in [1.29, 1.82) is 0 Å². The SMILES string of the molecule is CC(=O)SC(CC(=O)N[C@@H](C)C(=O)O)C(=O)c1ccc2ccccc2c1. The van der Waals surface area contributed by atoms with Crippen LogP contribution in [0.5, 0.6) is 0 Å². The Bertz CT molecular complexity index is 864. The molecule has 0 aromatic heterocycles. The van der Waals surface area contributed by atoms with Crippen LogP contribution in [0, 0.1) is 0 Å². The highest BCUT2D eigenvalue weighted by atomic mass is 32.2. The number of carboxylic acids is 1. The molecule has 0 bridgehead atoms. The summed E-state index contributed by atoms with van der Waals surface area (Å²) in [5.41, 5.74) is 0.404. The number of ketones is 1. The quantitative estimate of drug-likeness (QED) is 0.724. The van der Waals surface area contributed by atoms with E-state index in [9.17, 15) is 19.2 Å². The number of amides is 1. The van der Waals surface area contributed by atoms with E-state index >= 15 is 0 Å². The van der Waals surface area contributed by atoms with Gasteiger partial charge in [-0.05, 0) is 23.8 Å². The van der Waals surface area contributed by atoms with E-state index < -0.39 is 23.2 Å². The van der Waals surface area contributed by atoms with Crippen molar-refractivity contribution >= 4 is 45.3 Å². The molecule has 7 heteroatoms. The Kier molecular flexibility index (Phi) is 6.52. The molecular weight excluding hydrogens is 354 g/mol. The third-order valence-corrected chi connectivity index (χ3v) is 4.75. The average molecular weight is 373 g/mol. The first-order valence-corrected chi connectivity index (χ1v) is 8.88. The van der Waals surface area contributed by atoms with Gasteiger partial charge >= 0.3 is 5.97 Å². The Hall–Kier alpha value is -2.67. The fourth-order valence-corrected chi connectivity index (χ4v) is 3.33. The van der Waals surface area contributed by atoms with Crippen molar-refractivity contribution < 1.29 is 24.3 Å². The molecule has 0 saturated heterocycles. The molecule has 2 aromatic rings. The number of nitrogens with one attached hydrogen (secondary N) is 1. The van der Waals surface area contributed by atoms with Gasteiger partial charge in [-0.25, -0.2) is 0 Å². The van der Waals surface area contributed by atoms with E-state index in [2.05, 4.69) is 5.32 Å². The first-order chi connectivity index (χ1) is 12.3. The number of aliphatic carboxylic acids is 1. The summed E-state index contributed by atoms with van der Waals surface area (Å²) in [5, 5.41) is 11.8. The minimum Gasteiger partial charge on any atom is -0.480 e. The number of hydrogen-bond donors (Lipinski definition) is 2. The van der Waals surface area contributed by atoms with Gasteiger partial charge in [0.1, 0.15) is 6.04 Å². The topological polar surface area (TPSA) is 101 Å². The highest BCUT2D eigenvalue weighted by molar-refractivity contribution is 8.14. The lowest BCUT2D eigenvalue weighted by Crippen LogP contribution is -2.40. The zero-order chi connectivity index (χ0) is 19.3. The Morgan fingerprint density at radius 3 is 2.35 bits per heavy atom. The molecule has 2 rings (SSSR count). The van der Waals surface area contributed by atoms with Crippen molar-refractivity contribution in [2.24, 2.45) is 0 Å². The lowest BCUT2D eigenvalue weighted by molar-refractivity contribution is -0.141. The van der Waals surface area contributed by atoms with Crippen LogP contribution in [0.25, 0.3) is 10.8 Å². The highest BCUT2D eigenvalue weighted by Crippen LogP contribution is 2.23. The zero-order valence-electron chi connectivity index (χ0n) is 14.4. The van der Waals surface area contributed by atoms with Gasteiger partial charge < -0.3 is 10.4 Å². The second kappa shape index (κ2) is 8.62. The van der Waals surface area contributed by atoms with Crippen molar-refractivity contribution in [3.63, 3.8) is 0 Å². The number of rotatable bonds is 7. The van der Waals surface area contributed by atoms with Crippen LogP contribution in [0.15, 0.2) is 42.5 Å². The third-order valence-electron chi connectivity index (χ3n) is 3.75. The Balaban J connectivity index is 2.21. The molecule has 2 atom stereocenters. The van der Waals surface area contributed by atoms with Gasteiger partial charge in [0, 0.05) is 18.9 Å². The van der Waals surface area contributed by atoms with Crippen LogP contribution in [0.3, 0.4) is 0 Å². The van der Waals surface area contributed by atoms with Gasteiger partial charge in [-0.15, -0.1) is 0 Å². The van der Waals surface area contributed by atoms with Crippen molar-refractivity contribution in [2.75, 3.05) is 0 Å². The lowest BCUT2D eigenvalue weighted by atomic mass is 10.0. The molecule has 0 fully saturated rings. The van der Waals surface area contributed by atoms with Crippen LogP contribution in [-0.2, 0) is 14.4 Å². The van der Waals surface area contributed by atoms with Crippen LogP contribution in [0.1, 0.15) is 30.6 Å². The zero-order valence-corrected chi connectivity index (χ0v) is 15.2. The summed E-state index contributed by atoms with van der Waals surface area (Å²) < 4.78 is 0. The van der Waals surface area contributed by atoms with Gasteiger partial charge in [0.25, 0.3) is 0 Å². The Morgan fingerprint density at radius 1 is 1.08 bits per heavy atom. The second-order valence-corrected chi connectivity index (χ2v) is 7.24. The molecule has 6 nitrogen and oxygen atoms in total. The monoisotopic (exact) mass is 373 g/mol. The van der Waals surface area contributed by atoms with Crippen molar-refractivity contribution in [1.82, 2.24) is 5.32 Å². The van der Waals surface area contributed by atoms with Gasteiger partial charge in [0.2, 0.25) is 5.91 Å². The van der Waals surface area contributed by atoms with E-state index in [1.165, 1.54) is 13.8 Å². The van der Waals surface area contributed by atoms with Crippen molar-refractivity contribution in [2.45, 2.75) is 31.6 Å². The van der Waals surface area contributed by atoms with E-state index in [1.807, 2.05) is 30.3 Å². The van der Waals surface area contributed by atoms with Crippen molar-refractivity contribution in [3.05, 3.63) is 48.0 Å². The molecule has 0 aliphatic heterocycles. The minimum absolute atomic E-state index is 0.270. The molecule has 136 valence electrons.